The zero-order valence-corrected chi connectivity index (χ0v) is 7.00. The molecule has 0 radical (unpaired) electrons. The Morgan fingerprint density at radius 1 is 1.69 bits per heavy atom. The second-order valence-corrected chi connectivity index (χ2v) is 2.75. The molecule has 0 aliphatic carbocycles. The lowest BCUT2D eigenvalue weighted by Crippen LogP contribution is -2.62. The van der Waals surface area contributed by atoms with Crippen LogP contribution in [0.5, 0.6) is 0 Å². The number of aliphatic hydroxyl groups excluding tert-OH is 1. The van der Waals surface area contributed by atoms with Crippen LogP contribution in [0.15, 0.2) is 0 Å². The Bertz CT molecular complexity index is 191. The maximum Gasteiger partial charge on any atom is 0.295 e. The summed E-state index contributed by atoms with van der Waals surface area (Å²) >= 11 is 0. The van der Waals surface area contributed by atoms with E-state index in [1.54, 1.807) is 0 Å². The number of hydrogen-bond donors (Lipinski definition) is 1. The summed E-state index contributed by atoms with van der Waals surface area (Å²) in [6, 6.07) is 0. The van der Waals surface area contributed by atoms with Gasteiger partial charge in [0.1, 0.15) is 12.2 Å². The van der Waals surface area contributed by atoms with Gasteiger partial charge in [0.05, 0.1) is 6.10 Å². The van der Waals surface area contributed by atoms with E-state index in [4.69, 9.17) is 4.74 Å². The predicted octanol–water partition coefficient (Wildman–Crippen LogP) is -3.62. The van der Waals surface area contributed by atoms with E-state index in [2.05, 4.69) is 4.74 Å². The third-order valence-corrected chi connectivity index (χ3v) is 1.95. The van der Waals surface area contributed by atoms with Crippen LogP contribution in [0.2, 0.25) is 0 Å². The van der Waals surface area contributed by atoms with Gasteiger partial charge in [-0.1, -0.05) is 6.61 Å². The third kappa shape index (κ3) is 1.80. The van der Waals surface area contributed by atoms with Crippen molar-refractivity contribution in [2.24, 2.45) is 0 Å². The molecule has 1 N–H and O–H groups in total. The molecule has 4 unspecified atom stereocenters. The first-order chi connectivity index (χ1) is 6.11. The average molecular weight is 190 g/mol. The molecule has 76 valence electrons. The highest BCUT2D eigenvalue weighted by Crippen LogP contribution is 2.16. The highest BCUT2D eigenvalue weighted by Gasteiger charge is 2.38. The van der Waals surface area contributed by atoms with Gasteiger partial charge >= 0.3 is 0 Å². The van der Waals surface area contributed by atoms with Gasteiger partial charge in [-0.25, -0.2) is 0 Å². The molecule has 6 heteroatoms. The number of cyclic esters (lactones) is 1. The Balaban J connectivity index is 2.74. The Hall–Kier alpha value is -0.690. The Morgan fingerprint density at radius 3 is 2.77 bits per heavy atom. The molecule has 1 aliphatic rings. The van der Waals surface area contributed by atoms with E-state index >= 15 is 0 Å². The van der Waals surface area contributed by atoms with Gasteiger partial charge in [0.2, 0.25) is 0 Å². The fourth-order valence-electron chi connectivity index (χ4n) is 1.24. The number of esters is 1. The topological polar surface area (TPSA) is 102 Å². The molecular weight excluding hydrogens is 180 g/mol. The van der Waals surface area contributed by atoms with Crippen LogP contribution in [0, 0.1) is 0 Å². The van der Waals surface area contributed by atoms with Crippen LogP contribution in [-0.4, -0.2) is 49.2 Å². The first-order valence-corrected chi connectivity index (χ1v) is 3.77. The van der Waals surface area contributed by atoms with Crippen LogP contribution in [-0.2, 0) is 14.3 Å². The standard InChI is InChI=1S/C7H10O6/c1-12-6-3(2-8)13-7(11)5(10)4(6)9/h3-6,9H,2H2,1H3/q-2. The van der Waals surface area contributed by atoms with E-state index < -0.39 is 37.0 Å². The molecule has 0 amide bonds. The summed E-state index contributed by atoms with van der Waals surface area (Å²) in [4.78, 5) is 10.7. The van der Waals surface area contributed by atoms with Gasteiger partial charge in [0, 0.05) is 13.2 Å². The van der Waals surface area contributed by atoms with Crippen LogP contribution >= 0.6 is 0 Å². The summed E-state index contributed by atoms with van der Waals surface area (Å²) in [7, 11) is 1.24. The smallest absolute Gasteiger partial charge is 0.295 e. The largest absolute Gasteiger partial charge is 0.852 e. The van der Waals surface area contributed by atoms with Gasteiger partial charge < -0.3 is 24.8 Å². The molecule has 1 fully saturated rings. The van der Waals surface area contributed by atoms with Crippen LogP contribution in [0.1, 0.15) is 0 Å². The highest BCUT2D eigenvalue weighted by atomic mass is 16.6. The molecule has 0 aromatic heterocycles. The first kappa shape index (κ1) is 10.4. The number of ether oxygens (including phenoxy) is 2. The van der Waals surface area contributed by atoms with Crippen LogP contribution in [0.25, 0.3) is 0 Å². The van der Waals surface area contributed by atoms with Crippen molar-refractivity contribution in [1.29, 1.82) is 0 Å². The number of methoxy groups -OCH3 is 1. The van der Waals surface area contributed by atoms with Gasteiger partial charge in [-0.2, -0.15) is 0 Å². The Morgan fingerprint density at radius 2 is 2.31 bits per heavy atom. The number of aliphatic hydroxyl groups is 1. The Labute approximate surface area is 74.7 Å². The molecule has 1 heterocycles. The van der Waals surface area contributed by atoms with Crippen molar-refractivity contribution in [1.82, 2.24) is 0 Å². The number of rotatable bonds is 2. The van der Waals surface area contributed by atoms with Crippen LogP contribution in [0.4, 0.5) is 0 Å². The average Bonchev–Trinajstić information content (AvgIpc) is 2.13. The SMILES string of the molecule is COC1C(C[O-])OC(=O)C([O-])C1O. The lowest BCUT2D eigenvalue weighted by Gasteiger charge is -2.42. The lowest BCUT2D eigenvalue weighted by atomic mass is 10.00. The van der Waals surface area contributed by atoms with E-state index in [0.29, 0.717) is 0 Å². The van der Waals surface area contributed by atoms with Gasteiger partial charge in [0.25, 0.3) is 5.97 Å². The molecule has 1 rings (SSSR count). The fourth-order valence-corrected chi connectivity index (χ4v) is 1.24. The molecule has 6 nitrogen and oxygen atoms in total. The van der Waals surface area contributed by atoms with Gasteiger partial charge in [-0.05, 0) is 0 Å². The molecule has 0 saturated carbocycles. The lowest BCUT2D eigenvalue weighted by molar-refractivity contribution is -0.449. The minimum atomic E-state index is -1.88. The monoisotopic (exact) mass is 190 g/mol. The normalized spacial score (nSPS) is 40.2. The summed E-state index contributed by atoms with van der Waals surface area (Å²) in [5, 5.41) is 30.6. The quantitative estimate of drug-likeness (QED) is 0.451. The molecule has 13 heavy (non-hydrogen) atoms. The Kier molecular flexibility index (Phi) is 3.21. The van der Waals surface area contributed by atoms with Crippen molar-refractivity contribution in [2.45, 2.75) is 24.4 Å². The first-order valence-electron chi connectivity index (χ1n) is 3.77. The van der Waals surface area contributed by atoms with Gasteiger partial charge in [-0.15, -0.1) is 0 Å². The number of hydrogen-bond acceptors (Lipinski definition) is 6. The summed E-state index contributed by atoms with van der Waals surface area (Å²) in [6.07, 6.45) is -5.48. The van der Waals surface area contributed by atoms with E-state index in [-0.39, 0.29) is 0 Å². The minimum Gasteiger partial charge on any atom is -0.852 e. The second kappa shape index (κ2) is 4.01. The molecule has 0 aromatic carbocycles. The van der Waals surface area contributed by atoms with Crippen molar-refractivity contribution in [3.63, 3.8) is 0 Å². The molecule has 0 spiro atoms. The zero-order valence-electron chi connectivity index (χ0n) is 7.00. The van der Waals surface area contributed by atoms with Gasteiger partial charge in [0.15, 0.2) is 0 Å². The van der Waals surface area contributed by atoms with E-state index in [1.807, 2.05) is 0 Å². The van der Waals surface area contributed by atoms with Crippen LogP contribution in [0.3, 0.4) is 0 Å². The third-order valence-electron chi connectivity index (χ3n) is 1.95. The van der Waals surface area contributed by atoms with Gasteiger partial charge in [-0.3, -0.25) is 4.79 Å². The summed E-state index contributed by atoms with van der Waals surface area (Å²) < 4.78 is 9.17. The zero-order chi connectivity index (χ0) is 10.0. The fraction of sp³-hybridized carbons (Fsp3) is 0.857. The maximum absolute atomic E-state index is 10.9. The predicted molar refractivity (Wildman–Crippen MR) is 35.3 cm³/mol. The van der Waals surface area contributed by atoms with Crippen molar-refractivity contribution in [2.75, 3.05) is 13.7 Å². The maximum atomic E-state index is 10.9. The highest BCUT2D eigenvalue weighted by molar-refractivity contribution is 5.76. The molecule has 1 aliphatic heterocycles. The van der Waals surface area contributed by atoms with Crippen molar-refractivity contribution in [3.05, 3.63) is 0 Å². The van der Waals surface area contributed by atoms with E-state index in [9.17, 15) is 20.1 Å². The van der Waals surface area contributed by atoms with Crippen molar-refractivity contribution >= 4 is 5.97 Å². The summed E-state index contributed by atoms with van der Waals surface area (Å²) in [5.74, 6) is -1.10. The molecule has 0 bridgehead atoms. The minimum absolute atomic E-state index is 0.728. The molecular formula is C7H10O6-2. The van der Waals surface area contributed by atoms with Crippen molar-refractivity contribution in [3.8, 4) is 0 Å². The van der Waals surface area contributed by atoms with E-state index in [0.717, 1.165) is 0 Å². The van der Waals surface area contributed by atoms with Crippen molar-refractivity contribution < 1.29 is 29.6 Å². The van der Waals surface area contributed by atoms with Crippen LogP contribution < -0.4 is 10.2 Å². The number of carbonyl (C=O) groups is 1. The second-order valence-electron chi connectivity index (χ2n) is 2.75. The number of carbonyl (C=O) groups excluding carboxylic acids is 1. The molecule has 4 atom stereocenters. The molecule has 1 saturated heterocycles. The summed E-state index contributed by atoms with van der Waals surface area (Å²) in [6.45, 7) is -0.728. The molecule has 0 aromatic rings. The summed E-state index contributed by atoms with van der Waals surface area (Å²) in [5.41, 5.74) is 0. The van der Waals surface area contributed by atoms with E-state index in [1.165, 1.54) is 7.11 Å².